The van der Waals surface area contributed by atoms with Gasteiger partial charge in [-0.25, -0.2) is 8.42 Å². The second-order valence-corrected chi connectivity index (χ2v) is 9.62. The van der Waals surface area contributed by atoms with Gasteiger partial charge in [0, 0.05) is 24.2 Å². The van der Waals surface area contributed by atoms with Gasteiger partial charge >= 0.3 is 0 Å². The minimum absolute atomic E-state index is 0.00535. The van der Waals surface area contributed by atoms with E-state index < -0.39 is 32.0 Å². The van der Waals surface area contributed by atoms with E-state index in [1.54, 1.807) is 0 Å². The van der Waals surface area contributed by atoms with Crippen LogP contribution in [0.4, 0.5) is 0 Å². The van der Waals surface area contributed by atoms with Gasteiger partial charge in [-0.1, -0.05) is 11.8 Å². The molecular weight excluding hydrogens is 348 g/mol. The van der Waals surface area contributed by atoms with Gasteiger partial charge in [-0.2, -0.15) is 8.42 Å². The summed E-state index contributed by atoms with van der Waals surface area (Å²) in [5.41, 5.74) is 0. The highest BCUT2D eigenvalue weighted by atomic mass is 32.2. The summed E-state index contributed by atoms with van der Waals surface area (Å²) >= 11 is 0. The van der Waals surface area contributed by atoms with Gasteiger partial charge in [0.15, 0.2) is 9.84 Å². The van der Waals surface area contributed by atoms with E-state index in [1.807, 2.05) is 0 Å². The zero-order chi connectivity index (χ0) is 17.8. The van der Waals surface area contributed by atoms with E-state index in [-0.39, 0.29) is 29.1 Å². The molecular formula is C17H16O5S2. The molecule has 5 nitrogen and oxygen atoms in total. The lowest BCUT2D eigenvalue weighted by molar-refractivity contribution is 0.220. The maximum atomic E-state index is 11.7. The van der Waals surface area contributed by atoms with Crippen molar-refractivity contribution in [3.63, 3.8) is 0 Å². The molecule has 0 aromatic carbocycles. The van der Waals surface area contributed by atoms with Gasteiger partial charge in [0.2, 0.25) is 0 Å². The molecule has 2 saturated heterocycles. The third-order valence-electron chi connectivity index (χ3n) is 3.69. The molecule has 0 bridgehead atoms. The van der Waals surface area contributed by atoms with Crippen molar-refractivity contribution >= 4 is 20.0 Å². The molecule has 4 atom stereocenters. The third-order valence-corrected chi connectivity index (χ3v) is 6.85. The second-order valence-electron chi connectivity index (χ2n) is 5.82. The minimum Gasteiger partial charge on any atom is -0.254 e. The van der Waals surface area contributed by atoms with Crippen LogP contribution in [0.25, 0.3) is 0 Å². The average molecular weight is 364 g/mol. The predicted octanol–water partition coefficient (Wildman–Crippen LogP) is 0.0454. The van der Waals surface area contributed by atoms with Crippen LogP contribution in [0, 0.1) is 66.1 Å². The van der Waals surface area contributed by atoms with E-state index in [0.29, 0.717) is 12.8 Å². The Hall–Kier alpha value is -1.90. The average Bonchev–Trinajstić information content (AvgIpc) is 2.48. The lowest BCUT2D eigenvalue weighted by atomic mass is 9.97. The lowest BCUT2D eigenvalue weighted by Gasteiger charge is -2.22. The van der Waals surface area contributed by atoms with Gasteiger partial charge in [-0.3, -0.25) is 4.18 Å². The van der Waals surface area contributed by atoms with Gasteiger partial charge in [-0.05, 0) is 18.3 Å². The van der Waals surface area contributed by atoms with E-state index in [9.17, 15) is 16.8 Å². The largest absolute Gasteiger partial charge is 0.269 e. The Bertz CT molecular complexity index is 830. The van der Waals surface area contributed by atoms with Crippen LogP contribution in [0.5, 0.6) is 0 Å². The molecule has 0 aromatic rings. The highest BCUT2D eigenvalue weighted by Crippen LogP contribution is 2.23. The second kappa shape index (κ2) is 7.33. The molecule has 2 aliphatic heterocycles. The van der Waals surface area contributed by atoms with Crippen LogP contribution in [0.3, 0.4) is 0 Å². The van der Waals surface area contributed by atoms with Crippen LogP contribution in [0.1, 0.15) is 12.8 Å². The fraction of sp³-hybridized carbons (Fsp3) is 0.529. The normalized spacial score (nSPS) is 33.4. The zero-order valence-electron chi connectivity index (χ0n) is 12.9. The number of terminal acetylenes is 2. The van der Waals surface area contributed by atoms with E-state index >= 15 is 0 Å². The summed E-state index contributed by atoms with van der Waals surface area (Å²) in [6.07, 6.45) is 10.6. The number of sulfone groups is 1. The molecule has 126 valence electrons. The fourth-order valence-corrected chi connectivity index (χ4v) is 5.76. The van der Waals surface area contributed by atoms with Crippen LogP contribution >= 0.6 is 0 Å². The summed E-state index contributed by atoms with van der Waals surface area (Å²) in [6.45, 7) is 0. The highest BCUT2D eigenvalue weighted by Gasteiger charge is 2.31. The van der Waals surface area contributed by atoms with Crippen molar-refractivity contribution in [1.29, 1.82) is 0 Å². The molecule has 0 radical (unpaired) electrons. The minimum atomic E-state index is -3.67. The molecule has 0 aromatic heterocycles. The Balaban J connectivity index is 2.05. The summed E-state index contributed by atoms with van der Waals surface area (Å²) in [5, 5.41) is 0. The van der Waals surface area contributed by atoms with Crippen molar-refractivity contribution in [2.75, 3.05) is 17.3 Å². The standard InChI is InChI=1S/C17H16O5S2/c1-3-14-9-16(12-23(18,19)11-14)7-5-6-8-17-10-15(4-2)13-24(20,21)22-17/h1-2,14-17H,9-13H2. The topological polar surface area (TPSA) is 77.5 Å². The maximum absolute atomic E-state index is 11.7. The lowest BCUT2D eigenvalue weighted by Crippen LogP contribution is -2.32. The summed E-state index contributed by atoms with van der Waals surface area (Å²) in [5.74, 6) is 14.0. The van der Waals surface area contributed by atoms with Crippen LogP contribution in [-0.4, -0.2) is 40.2 Å². The van der Waals surface area contributed by atoms with Gasteiger partial charge < -0.3 is 0 Å². The highest BCUT2D eigenvalue weighted by molar-refractivity contribution is 7.91. The van der Waals surface area contributed by atoms with Crippen LogP contribution in [0.2, 0.25) is 0 Å². The molecule has 2 heterocycles. The van der Waals surface area contributed by atoms with Crippen LogP contribution < -0.4 is 0 Å². The first kappa shape index (κ1) is 18.4. The summed E-state index contributed by atoms with van der Waals surface area (Å²) in [7, 11) is -6.87. The molecule has 0 N–H and O–H groups in total. The van der Waals surface area contributed by atoms with Gasteiger partial charge in [0.25, 0.3) is 10.1 Å². The predicted molar refractivity (Wildman–Crippen MR) is 90.2 cm³/mol. The Morgan fingerprint density at radius 3 is 2.04 bits per heavy atom. The molecule has 2 rings (SSSR count). The van der Waals surface area contributed by atoms with Gasteiger partial charge in [0.1, 0.15) is 6.10 Å². The van der Waals surface area contributed by atoms with E-state index in [4.69, 9.17) is 17.0 Å². The number of rotatable bonds is 0. The Kier molecular flexibility index (Phi) is 5.63. The third kappa shape index (κ3) is 5.33. The van der Waals surface area contributed by atoms with E-state index in [1.165, 1.54) is 0 Å². The number of hydrogen-bond donors (Lipinski definition) is 0. The van der Waals surface area contributed by atoms with Crippen molar-refractivity contribution in [1.82, 2.24) is 0 Å². The zero-order valence-corrected chi connectivity index (χ0v) is 14.5. The quantitative estimate of drug-likeness (QED) is 0.448. The molecule has 0 aliphatic carbocycles. The van der Waals surface area contributed by atoms with Gasteiger partial charge in [0.05, 0.1) is 17.3 Å². The maximum Gasteiger partial charge on any atom is 0.269 e. The van der Waals surface area contributed by atoms with Crippen molar-refractivity contribution in [3.05, 3.63) is 0 Å². The molecule has 0 spiro atoms. The van der Waals surface area contributed by atoms with Gasteiger partial charge in [-0.15, -0.1) is 24.7 Å². The monoisotopic (exact) mass is 364 g/mol. The molecule has 2 fully saturated rings. The van der Waals surface area contributed by atoms with Crippen LogP contribution in [0.15, 0.2) is 0 Å². The van der Waals surface area contributed by atoms with Crippen molar-refractivity contribution in [2.45, 2.75) is 18.9 Å². The van der Waals surface area contributed by atoms with Crippen molar-refractivity contribution < 1.29 is 21.0 Å². The molecule has 2 aliphatic rings. The molecule has 0 amide bonds. The molecule has 7 heteroatoms. The fourth-order valence-electron chi connectivity index (χ4n) is 2.66. The van der Waals surface area contributed by atoms with Crippen molar-refractivity contribution in [2.24, 2.45) is 17.8 Å². The molecule has 0 saturated carbocycles. The smallest absolute Gasteiger partial charge is 0.254 e. The Labute approximate surface area is 143 Å². The summed E-state index contributed by atoms with van der Waals surface area (Å²) < 4.78 is 51.5. The molecule has 24 heavy (non-hydrogen) atoms. The Morgan fingerprint density at radius 1 is 0.792 bits per heavy atom. The van der Waals surface area contributed by atoms with E-state index in [0.717, 1.165) is 0 Å². The summed E-state index contributed by atoms with van der Waals surface area (Å²) in [4.78, 5) is 0. The first-order chi connectivity index (χ1) is 11.2. The first-order valence-corrected chi connectivity index (χ1v) is 10.7. The first-order valence-electron chi connectivity index (χ1n) is 7.27. The van der Waals surface area contributed by atoms with E-state index in [2.05, 4.69) is 35.5 Å². The van der Waals surface area contributed by atoms with Crippen molar-refractivity contribution in [3.8, 4) is 48.4 Å². The number of hydrogen-bond acceptors (Lipinski definition) is 5. The summed E-state index contributed by atoms with van der Waals surface area (Å²) in [6, 6.07) is 0. The van der Waals surface area contributed by atoms with Crippen LogP contribution in [-0.2, 0) is 24.1 Å². The Morgan fingerprint density at radius 2 is 1.38 bits per heavy atom. The molecule has 4 unspecified atom stereocenters. The SMILES string of the molecule is C#CC1CC(C#CC#CC2CC(C#C)CS(=O)(=O)O2)CS(=O)(=O)C1.